The van der Waals surface area contributed by atoms with E-state index in [0.29, 0.717) is 22.2 Å². The van der Waals surface area contributed by atoms with Gasteiger partial charge in [-0.1, -0.05) is 0 Å². The second kappa shape index (κ2) is 6.93. The molecule has 1 aliphatic heterocycles. The normalized spacial score (nSPS) is 36.0. The van der Waals surface area contributed by atoms with E-state index >= 15 is 0 Å². The summed E-state index contributed by atoms with van der Waals surface area (Å²) in [5, 5.41) is 21.6. The summed E-state index contributed by atoms with van der Waals surface area (Å²) >= 11 is 0. The molecule has 7 atom stereocenters. The summed E-state index contributed by atoms with van der Waals surface area (Å²) in [5.41, 5.74) is 12.8. The number of aliphatic hydroxyl groups is 2. The van der Waals surface area contributed by atoms with Gasteiger partial charge in [0.2, 0.25) is 0 Å². The van der Waals surface area contributed by atoms with Crippen molar-refractivity contribution in [2.45, 2.75) is 55.1 Å². The quantitative estimate of drug-likeness (QED) is 0.501. The van der Waals surface area contributed by atoms with E-state index in [-0.39, 0.29) is 22.8 Å². The molecular weight excluding hydrogens is 356 g/mol. The van der Waals surface area contributed by atoms with Gasteiger partial charge in [0.05, 0.1) is 12.6 Å². The summed E-state index contributed by atoms with van der Waals surface area (Å²) in [7, 11) is 0.0694. The lowest BCUT2D eigenvalue weighted by atomic mass is 10.1. The summed E-state index contributed by atoms with van der Waals surface area (Å²) in [4.78, 5) is 12.3. The van der Waals surface area contributed by atoms with Crippen LogP contribution in [0, 0.1) is 0 Å². The lowest BCUT2D eigenvalue weighted by molar-refractivity contribution is -0.0290. The zero-order chi connectivity index (χ0) is 18.4. The van der Waals surface area contributed by atoms with Gasteiger partial charge in [-0.3, -0.25) is 4.57 Å². The lowest BCUT2D eigenvalue weighted by Gasteiger charge is -2.17. The molecule has 1 saturated carbocycles. The Morgan fingerprint density at radius 2 is 2.08 bits per heavy atom. The molecular formula is C16H25N6O3S+. The van der Waals surface area contributed by atoms with Crippen molar-refractivity contribution in [3.63, 3.8) is 0 Å². The van der Waals surface area contributed by atoms with Crippen molar-refractivity contribution in [1.29, 1.82) is 0 Å². The first-order chi connectivity index (χ1) is 12.5. The third kappa shape index (κ3) is 3.05. The van der Waals surface area contributed by atoms with E-state index < -0.39 is 24.5 Å². The van der Waals surface area contributed by atoms with Crippen LogP contribution in [0.25, 0.3) is 11.2 Å². The number of imidazole rings is 1. The molecule has 10 heteroatoms. The summed E-state index contributed by atoms with van der Waals surface area (Å²) in [6.07, 6.45) is 5.06. The van der Waals surface area contributed by atoms with Crippen LogP contribution in [0.3, 0.4) is 0 Å². The SMILES string of the molecule is C[S+](C[C@H]1O[C@@H](n2cnc3c(N)ncnc32)[C@H](O)[C@@H]1O)[C@@H]1CC[C@H](N)C1. The van der Waals surface area contributed by atoms with Gasteiger partial charge in [0.25, 0.3) is 0 Å². The van der Waals surface area contributed by atoms with Crippen molar-refractivity contribution >= 4 is 27.9 Å². The number of hydrogen-bond acceptors (Lipinski definition) is 8. The zero-order valence-corrected chi connectivity index (χ0v) is 15.4. The van der Waals surface area contributed by atoms with Crippen LogP contribution in [0.1, 0.15) is 25.5 Å². The van der Waals surface area contributed by atoms with E-state index in [1.165, 1.54) is 12.7 Å². The predicted octanol–water partition coefficient (Wildman–Crippen LogP) is -0.844. The van der Waals surface area contributed by atoms with E-state index in [2.05, 4.69) is 21.2 Å². The van der Waals surface area contributed by atoms with Crippen LogP contribution in [0.2, 0.25) is 0 Å². The molecule has 9 nitrogen and oxygen atoms in total. The minimum atomic E-state index is -1.06. The van der Waals surface area contributed by atoms with Gasteiger partial charge >= 0.3 is 0 Å². The van der Waals surface area contributed by atoms with Gasteiger partial charge in [-0.05, 0) is 23.7 Å². The maximum absolute atomic E-state index is 10.5. The standard InChI is InChI=1S/C16H25N6O3S/c1-26(9-3-2-8(17)4-9)5-10-12(23)13(24)16(25-10)22-7-21-11-14(18)19-6-20-15(11)22/h6-10,12-13,16,23-24H,2-5,17H2,1H3,(H2,18,19,20)/q+1/t8-,9+,10+,12+,13+,16+,26?/m0/s1. The molecule has 0 amide bonds. The molecule has 0 aromatic carbocycles. The van der Waals surface area contributed by atoms with Crippen LogP contribution < -0.4 is 11.5 Å². The summed E-state index contributed by atoms with van der Waals surface area (Å²) in [5.74, 6) is 0.974. The van der Waals surface area contributed by atoms with Crippen molar-refractivity contribution in [2.75, 3.05) is 17.7 Å². The fourth-order valence-corrected chi connectivity index (χ4v) is 6.07. The van der Waals surface area contributed by atoms with Crippen molar-refractivity contribution in [2.24, 2.45) is 5.73 Å². The van der Waals surface area contributed by atoms with Crippen molar-refractivity contribution in [3.8, 4) is 0 Å². The van der Waals surface area contributed by atoms with Gasteiger partial charge < -0.3 is 26.4 Å². The molecule has 0 spiro atoms. The Morgan fingerprint density at radius 3 is 2.81 bits per heavy atom. The van der Waals surface area contributed by atoms with Crippen LogP contribution in [-0.4, -0.2) is 71.3 Å². The number of rotatable bonds is 4. The van der Waals surface area contributed by atoms with E-state index in [1.54, 1.807) is 4.57 Å². The number of fused-ring (bicyclic) bond motifs is 1. The smallest absolute Gasteiger partial charge is 0.167 e. The van der Waals surface area contributed by atoms with Crippen LogP contribution in [0.4, 0.5) is 5.82 Å². The Bertz CT molecular complexity index is 788. The van der Waals surface area contributed by atoms with Gasteiger partial charge in [0, 0.05) is 12.5 Å². The number of anilines is 1. The maximum atomic E-state index is 10.5. The molecule has 1 aliphatic carbocycles. The molecule has 1 unspecified atom stereocenters. The molecule has 1 saturated heterocycles. The minimum absolute atomic E-state index is 0.0694. The fourth-order valence-electron chi connectivity index (χ4n) is 3.89. The molecule has 0 radical (unpaired) electrons. The van der Waals surface area contributed by atoms with Crippen molar-refractivity contribution in [1.82, 2.24) is 19.5 Å². The number of nitrogen functional groups attached to an aromatic ring is 1. The number of aliphatic hydroxyl groups excluding tert-OH is 2. The second-order valence-electron chi connectivity index (χ2n) is 7.18. The van der Waals surface area contributed by atoms with E-state index in [9.17, 15) is 10.2 Å². The summed E-state index contributed by atoms with van der Waals surface area (Å²) < 4.78 is 7.64. The Hall–Kier alpha value is -1.46. The van der Waals surface area contributed by atoms with Crippen LogP contribution in [-0.2, 0) is 15.6 Å². The van der Waals surface area contributed by atoms with Crippen molar-refractivity contribution < 1.29 is 14.9 Å². The highest BCUT2D eigenvalue weighted by atomic mass is 32.2. The Morgan fingerprint density at radius 1 is 1.27 bits per heavy atom. The average molecular weight is 381 g/mol. The van der Waals surface area contributed by atoms with E-state index in [1.807, 2.05) is 0 Å². The Balaban J connectivity index is 1.51. The third-order valence-corrected chi connectivity index (χ3v) is 7.84. The lowest BCUT2D eigenvalue weighted by Crippen LogP contribution is -2.37. The molecule has 4 rings (SSSR count). The van der Waals surface area contributed by atoms with Crippen molar-refractivity contribution in [3.05, 3.63) is 12.7 Å². The van der Waals surface area contributed by atoms with Gasteiger partial charge in [-0.2, -0.15) is 0 Å². The summed E-state index contributed by atoms with van der Waals surface area (Å²) in [6, 6.07) is 0.283. The third-order valence-electron chi connectivity index (χ3n) is 5.42. The van der Waals surface area contributed by atoms with E-state index in [4.69, 9.17) is 16.2 Å². The van der Waals surface area contributed by atoms with Gasteiger partial charge in [-0.15, -0.1) is 0 Å². The molecule has 26 heavy (non-hydrogen) atoms. The number of hydrogen-bond donors (Lipinski definition) is 4. The number of ether oxygens (including phenoxy) is 1. The number of nitrogens with zero attached hydrogens (tertiary/aromatic N) is 4. The second-order valence-corrected chi connectivity index (χ2v) is 9.56. The van der Waals surface area contributed by atoms with Crippen LogP contribution >= 0.6 is 0 Å². The number of nitrogens with two attached hydrogens (primary N) is 2. The Labute approximate surface area is 154 Å². The number of aromatic nitrogens is 4. The predicted molar refractivity (Wildman–Crippen MR) is 99.4 cm³/mol. The highest BCUT2D eigenvalue weighted by Crippen LogP contribution is 2.34. The van der Waals surface area contributed by atoms with Gasteiger partial charge in [0.15, 0.2) is 17.7 Å². The first-order valence-electron chi connectivity index (χ1n) is 8.77. The summed E-state index contributed by atoms with van der Waals surface area (Å²) in [6.45, 7) is 0. The van der Waals surface area contributed by atoms with Crippen LogP contribution in [0.15, 0.2) is 12.7 Å². The molecule has 142 valence electrons. The monoisotopic (exact) mass is 381 g/mol. The molecule has 2 aliphatic rings. The molecule has 3 heterocycles. The topological polar surface area (TPSA) is 145 Å². The maximum Gasteiger partial charge on any atom is 0.167 e. The van der Waals surface area contributed by atoms with Gasteiger partial charge in [-0.25, -0.2) is 15.0 Å². The van der Waals surface area contributed by atoms with Crippen LogP contribution in [0.5, 0.6) is 0 Å². The molecule has 2 fully saturated rings. The zero-order valence-electron chi connectivity index (χ0n) is 14.6. The minimum Gasteiger partial charge on any atom is -0.387 e. The first-order valence-corrected chi connectivity index (χ1v) is 10.6. The van der Waals surface area contributed by atoms with Gasteiger partial charge in [0.1, 0.15) is 41.2 Å². The molecule has 2 aromatic rings. The fraction of sp³-hybridized carbons (Fsp3) is 0.688. The van der Waals surface area contributed by atoms with E-state index in [0.717, 1.165) is 19.3 Å². The first kappa shape index (κ1) is 17.9. The average Bonchev–Trinajstić information content (AvgIpc) is 3.30. The largest absolute Gasteiger partial charge is 0.387 e. The highest BCUT2D eigenvalue weighted by Gasteiger charge is 2.48. The molecule has 0 bridgehead atoms. The highest BCUT2D eigenvalue weighted by molar-refractivity contribution is 7.96. The molecule has 6 N–H and O–H groups in total. The Kier molecular flexibility index (Phi) is 4.78. The molecule has 2 aromatic heterocycles.